The van der Waals surface area contributed by atoms with Crippen molar-refractivity contribution in [2.24, 2.45) is 5.10 Å². The van der Waals surface area contributed by atoms with Crippen molar-refractivity contribution in [2.75, 3.05) is 5.75 Å². The zero-order valence-electron chi connectivity index (χ0n) is 15.8. The van der Waals surface area contributed by atoms with Gasteiger partial charge in [-0.15, -0.1) is 10.2 Å². The molecular formula is C20H18N4O4S. The van der Waals surface area contributed by atoms with Crippen LogP contribution in [0.4, 0.5) is 0 Å². The highest BCUT2D eigenvalue weighted by Gasteiger charge is 2.19. The average molecular weight is 410 g/mol. The fourth-order valence-corrected chi connectivity index (χ4v) is 3.61. The molecule has 0 atom stereocenters. The van der Waals surface area contributed by atoms with Gasteiger partial charge < -0.3 is 13.9 Å². The van der Waals surface area contributed by atoms with Gasteiger partial charge in [-0.1, -0.05) is 36.9 Å². The maximum absolute atomic E-state index is 11.0. The molecule has 1 N–H and O–H groups in total. The third-order valence-electron chi connectivity index (χ3n) is 4.37. The fraction of sp³-hybridized carbons (Fsp3) is 0.200. The number of carboxylic acids is 1. The van der Waals surface area contributed by atoms with Crippen molar-refractivity contribution in [3.63, 3.8) is 0 Å². The van der Waals surface area contributed by atoms with Crippen molar-refractivity contribution in [1.82, 2.24) is 14.9 Å². The van der Waals surface area contributed by atoms with Crippen molar-refractivity contribution in [1.29, 1.82) is 0 Å². The molecule has 9 heteroatoms. The number of fused-ring (bicyclic) bond motifs is 1. The number of aliphatic carboxylic acids is 1. The SMILES string of the molecule is CCc1oc2ccccc2c1C=Nn1c(SCC(=O)O)nnc1-c1ccoc1C. The summed E-state index contributed by atoms with van der Waals surface area (Å²) in [6.07, 6.45) is 3.99. The highest BCUT2D eigenvalue weighted by atomic mass is 32.2. The molecule has 0 saturated heterocycles. The minimum Gasteiger partial charge on any atom is -0.481 e. The summed E-state index contributed by atoms with van der Waals surface area (Å²) in [6.45, 7) is 3.84. The second kappa shape index (κ2) is 7.96. The largest absolute Gasteiger partial charge is 0.481 e. The van der Waals surface area contributed by atoms with Crippen LogP contribution in [0.15, 0.2) is 55.7 Å². The van der Waals surface area contributed by atoms with Crippen molar-refractivity contribution in [3.05, 3.63) is 53.7 Å². The maximum atomic E-state index is 11.0. The number of carboxylic acid groups (broad SMARTS) is 1. The van der Waals surface area contributed by atoms with E-state index >= 15 is 0 Å². The maximum Gasteiger partial charge on any atom is 0.313 e. The highest BCUT2D eigenvalue weighted by Crippen LogP contribution is 2.28. The van der Waals surface area contributed by atoms with Crippen LogP contribution in [0.25, 0.3) is 22.4 Å². The van der Waals surface area contributed by atoms with Gasteiger partial charge in [0, 0.05) is 17.4 Å². The molecule has 1 aromatic carbocycles. The quantitative estimate of drug-likeness (QED) is 0.359. The number of nitrogens with zero attached hydrogens (tertiary/aromatic N) is 4. The number of hydrogen-bond acceptors (Lipinski definition) is 7. The molecule has 0 aliphatic carbocycles. The predicted molar refractivity (Wildman–Crippen MR) is 109 cm³/mol. The first-order valence-electron chi connectivity index (χ1n) is 8.97. The first-order chi connectivity index (χ1) is 14.1. The van der Waals surface area contributed by atoms with Gasteiger partial charge >= 0.3 is 5.97 Å². The first-order valence-corrected chi connectivity index (χ1v) is 9.96. The van der Waals surface area contributed by atoms with Crippen molar-refractivity contribution in [3.8, 4) is 11.4 Å². The summed E-state index contributed by atoms with van der Waals surface area (Å²) < 4.78 is 12.8. The molecule has 4 rings (SSSR count). The van der Waals surface area contributed by atoms with Gasteiger partial charge in [-0.05, 0) is 19.1 Å². The van der Waals surface area contributed by atoms with Crippen LogP contribution >= 0.6 is 11.8 Å². The topological polar surface area (TPSA) is 107 Å². The Balaban J connectivity index is 1.80. The van der Waals surface area contributed by atoms with Crippen molar-refractivity contribution < 1.29 is 18.7 Å². The van der Waals surface area contributed by atoms with Crippen LogP contribution in [0.3, 0.4) is 0 Å². The number of benzene rings is 1. The van der Waals surface area contributed by atoms with Gasteiger partial charge in [0.2, 0.25) is 5.16 Å². The van der Waals surface area contributed by atoms with E-state index in [0.717, 1.165) is 39.6 Å². The Hall–Kier alpha value is -3.33. The van der Waals surface area contributed by atoms with Gasteiger partial charge in [-0.25, -0.2) is 0 Å². The fourth-order valence-electron chi connectivity index (χ4n) is 3.01. The molecule has 0 aliphatic rings. The second-order valence-electron chi connectivity index (χ2n) is 6.22. The van der Waals surface area contributed by atoms with Gasteiger partial charge in [0.25, 0.3) is 0 Å². The number of furan rings is 2. The van der Waals surface area contributed by atoms with Gasteiger partial charge in [0.05, 0.1) is 23.8 Å². The van der Waals surface area contributed by atoms with Crippen LogP contribution in [0.2, 0.25) is 0 Å². The lowest BCUT2D eigenvalue weighted by atomic mass is 10.1. The van der Waals surface area contributed by atoms with Crippen LogP contribution in [0.5, 0.6) is 0 Å². The molecule has 8 nitrogen and oxygen atoms in total. The lowest BCUT2D eigenvalue weighted by Gasteiger charge is -2.03. The number of rotatable bonds is 7. The standard InChI is InChI=1S/C20H18N4O4S/c1-3-16-15(14-6-4-5-7-17(14)28-16)10-21-24-19(13-8-9-27-12(13)2)22-23-20(24)29-11-18(25)26/h4-10H,3,11H2,1-2H3,(H,25,26). The molecule has 0 bridgehead atoms. The van der Waals surface area contributed by atoms with Gasteiger partial charge in [-0.2, -0.15) is 9.78 Å². The number of thioether (sulfide) groups is 1. The molecule has 0 amide bonds. The van der Waals surface area contributed by atoms with Crippen molar-refractivity contribution >= 4 is 34.9 Å². The minimum absolute atomic E-state index is 0.146. The normalized spacial score (nSPS) is 11.7. The van der Waals surface area contributed by atoms with Crippen LogP contribution in [0.1, 0.15) is 24.0 Å². The zero-order chi connectivity index (χ0) is 20.4. The van der Waals surface area contributed by atoms with Crippen molar-refractivity contribution in [2.45, 2.75) is 25.4 Å². The van der Waals surface area contributed by atoms with E-state index in [9.17, 15) is 4.79 Å². The Labute approximate surface area is 170 Å². The van der Waals surface area contributed by atoms with Crippen LogP contribution < -0.4 is 0 Å². The van der Waals surface area contributed by atoms with E-state index in [-0.39, 0.29) is 5.75 Å². The van der Waals surface area contributed by atoms with E-state index in [1.54, 1.807) is 18.5 Å². The Bertz CT molecular complexity index is 1200. The van der Waals surface area contributed by atoms with E-state index in [1.165, 1.54) is 4.68 Å². The summed E-state index contributed by atoms with van der Waals surface area (Å²) in [4.78, 5) is 11.0. The number of hydrogen-bond donors (Lipinski definition) is 1. The molecule has 0 spiro atoms. The smallest absolute Gasteiger partial charge is 0.313 e. The summed E-state index contributed by atoms with van der Waals surface area (Å²) in [5.74, 6) is 0.887. The number of aromatic nitrogens is 3. The first kappa shape index (κ1) is 19.0. The number of carbonyl (C=O) groups is 1. The van der Waals surface area contributed by atoms with E-state index in [2.05, 4.69) is 15.3 Å². The number of aryl methyl sites for hydroxylation is 2. The average Bonchev–Trinajstić information content (AvgIpc) is 3.40. The van der Waals surface area contributed by atoms with E-state index in [4.69, 9.17) is 13.9 Å². The highest BCUT2D eigenvalue weighted by molar-refractivity contribution is 7.99. The summed E-state index contributed by atoms with van der Waals surface area (Å²) in [5, 5.41) is 23.3. The molecule has 4 aromatic rings. The summed E-state index contributed by atoms with van der Waals surface area (Å²) in [6, 6.07) is 9.54. The van der Waals surface area contributed by atoms with Gasteiger partial charge in [0.1, 0.15) is 17.1 Å². The third kappa shape index (κ3) is 3.68. The zero-order valence-corrected chi connectivity index (χ0v) is 16.6. The van der Waals surface area contributed by atoms with Gasteiger partial charge in [-0.3, -0.25) is 4.79 Å². The van der Waals surface area contributed by atoms with Crippen LogP contribution in [-0.2, 0) is 11.2 Å². The third-order valence-corrected chi connectivity index (χ3v) is 5.27. The van der Waals surface area contributed by atoms with E-state index < -0.39 is 5.97 Å². The predicted octanol–water partition coefficient (Wildman–Crippen LogP) is 4.21. The summed E-state index contributed by atoms with van der Waals surface area (Å²) >= 11 is 1.05. The molecule has 0 unspecified atom stereocenters. The molecule has 3 heterocycles. The van der Waals surface area contributed by atoms with Gasteiger partial charge in [0.15, 0.2) is 5.82 Å². The minimum atomic E-state index is -0.941. The molecule has 29 heavy (non-hydrogen) atoms. The van der Waals surface area contributed by atoms with Crippen LogP contribution in [-0.4, -0.2) is 37.9 Å². The molecular weight excluding hydrogens is 392 g/mol. The molecule has 3 aromatic heterocycles. The Morgan fingerprint density at radius 3 is 2.86 bits per heavy atom. The molecule has 0 fully saturated rings. The Kier molecular flexibility index (Phi) is 5.22. The second-order valence-corrected chi connectivity index (χ2v) is 7.17. The lowest BCUT2D eigenvalue weighted by molar-refractivity contribution is -0.133. The van der Waals surface area contributed by atoms with E-state index in [1.807, 2.05) is 38.1 Å². The summed E-state index contributed by atoms with van der Waals surface area (Å²) in [5.41, 5.74) is 2.41. The molecule has 148 valence electrons. The van der Waals surface area contributed by atoms with E-state index in [0.29, 0.717) is 23.2 Å². The summed E-state index contributed by atoms with van der Waals surface area (Å²) in [7, 11) is 0. The van der Waals surface area contributed by atoms with Crippen LogP contribution in [0, 0.1) is 6.92 Å². The monoisotopic (exact) mass is 410 g/mol. The Morgan fingerprint density at radius 2 is 2.14 bits per heavy atom. The Morgan fingerprint density at radius 1 is 1.31 bits per heavy atom. The molecule has 0 aliphatic heterocycles. The lowest BCUT2D eigenvalue weighted by Crippen LogP contribution is -2.02. The number of para-hydroxylation sites is 1. The molecule has 0 radical (unpaired) electrons. The molecule has 0 saturated carbocycles.